The fraction of sp³-hybridized carbons (Fsp3) is 0.125. The molecule has 0 aliphatic heterocycles. The lowest BCUT2D eigenvalue weighted by molar-refractivity contribution is -0.132. The smallest absolute Gasteiger partial charge is 0.308 e. The molecule has 0 unspecified atom stereocenters. The van der Waals surface area contributed by atoms with Crippen molar-refractivity contribution in [2.75, 3.05) is 7.11 Å². The van der Waals surface area contributed by atoms with Crippen LogP contribution >= 0.6 is 0 Å². The van der Waals surface area contributed by atoms with E-state index in [-0.39, 0.29) is 5.75 Å². The highest BCUT2D eigenvalue weighted by Crippen LogP contribution is 2.28. The Hall–Kier alpha value is -2.82. The summed E-state index contributed by atoms with van der Waals surface area (Å²) in [6.45, 7) is 1.33. The maximum atomic E-state index is 11.0. The summed E-state index contributed by atoms with van der Waals surface area (Å²) >= 11 is 0. The van der Waals surface area contributed by atoms with E-state index < -0.39 is 5.97 Å². The Morgan fingerprint density at radius 1 is 1.14 bits per heavy atom. The zero-order valence-corrected chi connectivity index (χ0v) is 11.7. The average molecular weight is 285 g/mol. The number of benzene rings is 2. The van der Waals surface area contributed by atoms with Crippen LogP contribution in [0.2, 0.25) is 0 Å². The number of nitrogens with zero attached hydrogens (tertiary/aromatic N) is 1. The first-order chi connectivity index (χ1) is 10.1. The maximum Gasteiger partial charge on any atom is 0.308 e. The van der Waals surface area contributed by atoms with Crippen molar-refractivity contribution in [1.29, 1.82) is 0 Å². The van der Waals surface area contributed by atoms with Gasteiger partial charge in [-0.3, -0.25) is 9.79 Å². The van der Waals surface area contributed by atoms with Crippen molar-refractivity contribution in [3.05, 3.63) is 48.0 Å². The molecule has 0 saturated carbocycles. The van der Waals surface area contributed by atoms with Gasteiger partial charge in [0.2, 0.25) is 0 Å². The Balaban J connectivity index is 2.20. The zero-order valence-electron chi connectivity index (χ0n) is 11.7. The average Bonchev–Trinajstić information content (AvgIpc) is 2.47. The van der Waals surface area contributed by atoms with Crippen LogP contribution in [-0.2, 0) is 4.79 Å². The van der Waals surface area contributed by atoms with Crippen LogP contribution in [0.5, 0.6) is 17.2 Å². The molecule has 5 heteroatoms. The molecule has 0 atom stereocenters. The predicted octanol–water partition coefficient (Wildman–Crippen LogP) is 3.08. The monoisotopic (exact) mass is 285 g/mol. The van der Waals surface area contributed by atoms with E-state index in [0.29, 0.717) is 11.5 Å². The molecular weight excluding hydrogens is 270 g/mol. The number of phenols is 1. The quantitative estimate of drug-likeness (QED) is 0.532. The third-order valence-electron chi connectivity index (χ3n) is 2.65. The third-order valence-corrected chi connectivity index (χ3v) is 2.65. The molecule has 0 aliphatic rings. The van der Waals surface area contributed by atoms with E-state index in [0.717, 1.165) is 11.3 Å². The van der Waals surface area contributed by atoms with Gasteiger partial charge >= 0.3 is 5.97 Å². The van der Waals surface area contributed by atoms with Crippen LogP contribution < -0.4 is 9.47 Å². The number of carbonyl (C=O) groups excluding carboxylic acids is 1. The fourth-order valence-electron chi connectivity index (χ4n) is 1.69. The van der Waals surface area contributed by atoms with Crippen molar-refractivity contribution in [1.82, 2.24) is 0 Å². The minimum atomic E-state index is -0.404. The summed E-state index contributed by atoms with van der Waals surface area (Å²) in [6, 6.07) is 11.7. The summed E-state index contributed by atoms with van der Waals surface area (Å²) < 4.78 is 10.2. The van der Waals surface area contributed by atoms with Gasteiger partial charge in [-0.15, -0.1) is 0 Å². The summed E-state index contributed by atoms with van der Waals surface area (Å²) in [6.07, 6.45) is 1.66. The maximum absolute atomic E-state index is 11.0. The number of carbonyl (C=O) groups is 1. The van der Waals surface area contributed by atoms with Gasteiger partial charge in [0.05, 0.1) is 12.8 Å². The third kappa shape index (κ3) is 4.07. The van der Waals surface area contributed by atoms with Gasteiger partial charge in [-0.05, 0) is 48.0 Å². The molecule has 0 fully saturated rings. The molecule has 1 N–H and O–H groups in total. The molecule has 0 spiro atoms. The standard InChI is InChI=1S/C16H15NO4/c1-11(18)21-15-8-3-12(9-16(15)20-2)10-17-13-4-6-14(19)7-5-13/h3-10,19H,1-2H3. The molecule has 21 heavy (non-hydrogen) atoms. The molecule has 2 rings (SSSR count). The van der Waals surface area contributed by atoms with E-state index in [1.54, 1.807) is 48.7 Å². The molecule has 108 valence electrons. The molecule has 0 amide bonds. The molecule has 0 radical (unpaired) electrons. The van der Waals surface area contributed by atoms with Crippen LogP contribution in [0, 0.1) is 0 Å². The molecule has 0 aromatic heterocycles. The Morgan fingerprint density at radius 2 is 1.86 bits per heavy atom. The van der Waals surface area contributed by atoms with Crippen LogP contribution in [0.4, 0.5) is 5.69 Å². The number of esters is 1. The van der Waals surface area contributed by atoms with Gasteiger partial charge in [0.25, 0.3) is 0 Å². The van der Waals surface area contributed by atoms with E-state index in [9.17, 15) is 9.90 Å². The Bertz CT molecular complexity index is 662. The summed E-state index contributed by atoms with van der Waals surface area (Å²) in [7, 11) is 1.50. The van der Waals surface area contributed by atoms with E-state index >= 15 is 0 Å². The van der Waals surface area contributed by atoms with E-state index in [2.05, 4.69) is 4.99 Å². The number of phenolic OH excluding ortho intramolecular Hbond substituents is 1. The summed E-state index contributed by atoms with van der Waals surface area (Å²) in [5, 5.41) is 9.20. The van der Waals surface area contributed by atoms with E-state index in [4.69, 9.17) is 9.47 Å². The number of aromatic hydroxyl groups is 1. The molecule has 5 nitrogen and oxygen atoms in total. The largest absolute Gasteiger partial charge is 0.508 e. The first-order valence-electron chi connectivity index (χ1n) is 6.28. The molecule has 0 heterocycles. The van der Waals surface area contributed by atoms with E-state index in [1.807, 2.05) is 0 Å². The van der Waals surface area contributed by atoms with Crippen LogP contribution in [0.3, 0.4) is 0 Å². The Labute approximate surface area is 122 Å². The molecule has 0 saturated heterocycles. The molecule has 0 bridgehead atoms. The minimum Gasteiger partial charge on any atom is -0.508 e. The second kappa shape index (κ2) is 6.56. The normalized spacial score (nSPS) is 10.6. The van der Waals surface area contributed by atoms with Gasteiger partial charge in [0.1, 0.15) is 5.75 Å². The van der Waals surface area contributed by atoms with Crippen LogP contribution in [0.15, 0.2) is 47.5 Å². The predicted molar refractivity (Wildman–Crippen MR) is 79.7 cm³/mol. The van der Waals surface area contributed by atoms with Crippen molar-refractivity contribution < 1.29 is 19.4 Å². The number of aliphatic imine (C=N–C) groups is 1. The first kappa shape index (κ1) is 14.6. The fourth-order valence-corrected chi connectivity index (χ4v) is 1.69. The van der Waals surface area contributed by atoms with Gasteiger partial charge in [-0.1, -0.05) is 0 Å². The highest BCUT2D eigenvalue weighted by molar-refractivity contribution is 5.83. The van der Waals surface area contributed by atoms with E-state index in [1.165, 1.54) is 14.0 Å². The zero-order chi connectivity index (χ0) is 15.2. The second-order valence-corrected chi connectivity index (χ2v) is 4.28. The lowest BCUT2D eigenvalue weighted by atomic mass is 10.2. The molecule has 2 aromatic carbocycles. The Morgan fingerprint density at radius 3 is 2.48 bits per heavy atom. The van der Waals surface area contributed by atoms with Crippen molar-refractivity contribution in [2.45, 2.75) is 6.92 Å². The minimum absolute atomic E-state index is 0.196. The lowest BCUT2D eigenvalue weighted by Gasteiger charge is -2.08. The number of hydrogen-bond acceptors (Lipinski definition) is 5. The van der Waals surface area contributed by atoms with Crippen LogP contribution in [-0.4, -0.2) is 24.4 Å². The van der Waals surface area contributed by atoms with Gasteiger partial charge in [0.15, 0.2) is 11.5 Å². The van der Waals surface area contributed by atoms with Gasteiger partial charge < -0.3 is 14.6 Å². The number of hydrogen-bond donors (Lipinski definition) is 1. The first-order valence-corrected chi connectivity index (χ1v) is 6.28. The van der Waals surface area contributed by atoms with Gasteiger partial charge in [-0.25, -0.2) is 0 Å². The Kier molecular flexibility index (Phi) is 4.56. The van der Waals surface area contributed by atoms with Gasteiger partial charge in [-0.2, -0.15) is 0 Å². The van der Waals surface area contributed by atoms with Crippen LogP contribution in [0.25, 0.3) is 0 Å². The highest BCUT2D eigenvalue weighted by atomic mass is 16.6. The highest BCUT2D eigenvalue weighted by Gasteiger charge is 2.07. The van der Waals surface area contributed by atoms with Crippen molar-refractivity contribution in [3.8, 4) is 17.2 Å². The second-order valence-electron chi connectivity index (χ2n) is 4.28. The van der Waals surface area contributed by atoms with Gasteiger partial charge in [0, 0.05) is 13.1 Å². The summed E-state index contributed by atoms with van der Waals surface area (Å²) in [4.78, 5) is 15.3. The number of ether oxygens (including phenoxy) is 2. The van der Waals surface area contributed by atoms with Crippen molar-refractivity contribution in [3.63, 3.8) is 0 Å². The van der Waals surface area contributed by atoms with Crippen LogP contribution in [0.1, 0.15) is 12.5 Å². The van der Waals surface area contributed by atoms with Crippen molar-refractivity contribution in [2.24, 2.45) is 4.99 Å². The number of methoxy groups -OCH3 is 1. The topological polar surface area (TPSA) is 68.1 Å². The molecule has 0 aliphatic carbocycles. The molecular formula is C16H15NO4. The van der Waals surface area contributed by atoms with Crippen molar-refractivity contribution >= 4 is 17.9 Å². The lowest BCUT2D eigenvalue weighted by Crippen LogP contribution is -2.03. The summed E-state index contributed by atoms with van der Waals surface area (Å²) in [5.74, 6) is 0.617. The summed E-state index contributed by atoms with van der Waals surface area (Å²) in [5.41, 5.74) is 1.52. The number of rotatable bonds is 4. The SMILES string of the molecule is COc1cc(C=Nc2ccc(O)cc2)ccc1OC(C)=O. The molecule has 2 aromatic rings.